The van der Waals surface area contributed by atoms with Crippen molar-refractivity contribution in [3.63, 3.8) is 0 Å². The Labute approximate surface area is 152 Å². The molecule has 0 aromatic carbocycles. The number of rotatable bonds is 4. The van der Waals surface area contributed by atoms with Gasteiger partial charge in [0.25, 0.3) is 5.91 Å². The van der Waals surface area contributed by atoms with Crippen molar-refractivity contribution in [1.82, 2.24) is 19.8 Å². The average molecular weight is 360 g/mol. The van der Waals surface area contributed by atoms with Gasteiger partial charge in [-0.3, -0.25) is 9.59 Å². The lowest BCUT2D eigenvalue weighted by atomic mass is 9.94. The van der Waals surface area contributed by atoms with Crippen molar-refractivity contribution >= 4 is 23.6 Å². The SMILES string of the molecule is CSc1ncc(C(=O)N2C[C@@H]3CC[C@H](C2)N(CC=C(C)C)C3=O)cn1. The molecule has 6 nitrogen and oxygen atoms in total. The highest BCUT2D eigenvalue weighted by atomic mass is 32.2. The smallest absolute Gasteiger partial charge is 0.257 e. The zero-order valence-electron chi connectivity index (χ0n) is 14.9. The lowest BCUT2D eigenvalue weighted by Gasteiger charge is -2.35. The molecule has 2 amide bonds. The summed E-state index contributed by atoms with van der Waals surface area (Å²) >= 11 is 1.44. The number of amides is 2. The van der Waals surface area contributed by atoms with Crippen molar-refractivity contribution in [2.75, 3.05) is 25.9 Å². The lowest BCUT2D eigenvalue weighted by molar-refractivity contribution is -0.139. The molecule has 4 rings (SSSR count). The van der Waals surface area contributed by atoms with Crippen LogP contribution in [0.25, 0.3) is 0 Å². The molecule has 7 heteroatoms. The molecule has 0 saturated carbocycles. The van der Waals surface area contributed by atoms with Gasteiger partial charge in [-0.05, 0) is 32.9 Å². The molecule has 0 unspecified atom stereocenters. The first-order valence-corrected chi connectivity index (χ1v) is 9.81. The Hall–Kier alpha value is -1.89. The molecule has 3 saturated heterocycles. The van der Waals surface area contributed by atoms with Gasteiger partial charge in [-0.2, -0.15) is 0 Å². The number of aromatic nitrogens is 2. The summed E-state index contributed by atoms with van der Waals surface area (Å²) in [6, 6.07) is 0.0946. The molecule has 3 fully saturated rings. The molecule has 0 radical (unpaired) electrons. The van der Waals surface area contributed by atoms with Crippen molar-refractivity contribution in [3.05, 3.63) is 29.6 Å². The van der Waals surface area contributed by atoms with Crippen LogP contribution >= 0.6 is 11.8 Å². The molecular formula is C18H24N4O2S. The molecular weight excluding hydrogens is 336 g/mol. The second-order valence-electron chi connectivity index (χ2n) is 6.87. The minimum absolute atomic E-state index is 0.0820. The highest BCUT2D eigenvalue weighted by molar-refractivity contribution is 7.98. The largest absolute Gasteiger partial charge is 0.336 e. The minimum Gasteiger partial charge on any atom is -0.336 e. The van der Waals surface area contributed by atoms with Gasteiger partial charge in [-0.15, -0.1) is 0 Å². The fraction of sp³-hybridized carbons (Fsp3) is 0.556. The third kappa shape index (κ3) is 3.86. The summed E-state index contributed by atoms with van der Waals surface area (Å²) in [6.45, 7) is 5.78. The van der Waals surface area contributed by atoms with E-state index in [1.54, 1.807) is 17.3 Å². The Kier molecular flexibility index (Phi) is 5.42. The van der Waals surface area contributed by atoms with Crippen LogP contribution < -0.4 is 0 Å². The van der Waals surface area contributed by atoms with Gasteiger partial charge < -0.3 is 9.80 Å². The second-order valence-corrected chi connectivity index (χ2v) is 7.64. The van der Waals surface area contributed by atoms with E-state index in [1.807, 2.05) is 25.0 Å². The first kappa shape index (κ1) is 17.9. The van der Waals surface area contributed by atoms with Gasteiger partial charge in [0.2, 0.25) is 5.91 Å². The third-order valence-corrected chi connectivity index (χ3v) is 5.41. The van der Waals surface area contributed by atoms with Crippen LogP contribution in [-0.4, -0.2) is 63.5 Å². The van der Waals surface area contributed by atoms with Gasteiger partial charge in [0.1, 0.15) is 0 Å². The normalized spacial score (nSPS) is 22.8. The number of fused-ring (bicyclic) bond motifs is 4. The predicted octanol–water partition coefficient (Wildman–Crippen LogP) is 2.23. The third-order valence-electron chi connectivity index (χ3n) is 4.83. The molecule has 0 aliphatic carbocycles. The summed E-state index contributed by atoms with van der Waals surface area (Å²) < 4.78 is 0. The van der Waals surface area contributed by atoms with Crippen molar-refractivity contribution in [3.8, 4) is 0 Å². The van der Waals surface area contributed by atoms with E-state index in [-0.39, 0.29) is 23.8 Å². The fourth-order valence-electron chi connectivity index (χ4n) is 3.44. The molecule has 25 heavy (non-hydrogen) atoms. The molecule has 2 bridgehead atoms. The molecule has 0 spiro atoms. The maximum atomic E-state index is 12.8. The molecule has 3 aliphatic rings. The number of hydrogen-bond acceptors (Lipinski definition) is 5. The van der Waals surface area contributed by atoms with E-state index >= 15 is 0 Å². The van der Waals surface area contributed by atoms with E-state index in [2.05, 4.69) is 16.0 Å². The van der Waals surface area contributed by atoms with Crippen LogP contribution in [0.4, 0.5) is 0 Å². The topological polar surface area (TPSA) is 66.4 Å². The van der Waals surface area contributed by atoms with Crippen LogP contribution in [-0.2, 0) is 4.79 Å². The molecule has 4 heterocycles. The number of carbonyl (C=O) groups is 2. The zero-order valence-corrected chi connectivity index (χ0v) is 15.8. The molecule has 1 aromatic heterocycles. The van der Waals surface area contributed by atoms with Crippen LogP contribution in [0.15, 0.2) is 29.2 Å². The van der Waals surface area contributed by atoms with E-state index in [9.17, 15) is 9.59 Å². The van der Waals surface area contributed by atoms with Gasteiger partial charge in [-0.25, -0.2) is 9.97 Å². The second kappa shape index (κ2) is 7.56. The highest BCUT2D eigenvalue weighted by Crippen LogP contribution is 2.30. The zero-order chi connectivity index (χ0) is 18.0. The summed E-state index contributed by atoms with van der Waals surface area (Å²) in [7, 11) is 0. The number of carbonyl (C=O) groups excluding carboxylic acids is 2. The van der Waals surface area contributed by atoms with Crippen LogP contribution in [0.3, 0.4) is 0 Å². The van der Waals surface area contributed by atoms with Crippen LogP contribution in [0.1, 0.15) is 37.0 Å². The highest BCUT2D eigenvalue weighted by Gasteiger charge is 2.41. The Balaban J connectivity index is 1.77. The maximum absolute atomic E-state index is 12.8. The van der Waals surface area contributed by atoms with E-state index in [0.29, 0.717) is 30.4 Å². The Morgan fingerprint density at radius 3 is 2.64 bits per heavy atom. The molecule has 134 valence electrons. The Morgan fingerprint density at radius 1 is 1.28 bits per heavy atom. The lowest BCUT2D eigenvalue weighted by Crippen LogP contribution is -2.48. The van der Waals surface area contributed by atoms with Gasteiger partial charge in [0, 0.05) is 38.1 Å². The number of hydrogen-bond donors (Lipinski definition) is 0. The number of thioether (sulfide) groups is 1. The average Bonchev–Trinajstić information content (AvgIpc) is 2.90. The van der Waals surface area contributed by atoms with E-state index in [4.69, 9.17) is 0 Å². The molecule has 2 atom stereocenters. The summed E-state index contributed by atoms with van der Waals surface area (Å²) in [6.07, 6.45) is 8.96. The number of nitrogens with zero attached hydrogens (tertiary/aromatic N) is 4. The van der Waals surface area contributed by atoms with Crippen molar-refractivity contribution in [1.29, 1.82) is 0 Å². The van der Waals surface area contributed by atoms with Gasteiger partial charge >= 0.3 is 0 Å². The number of piperidine rings is 1. The maximum Gasteiger partial charge on any atom is 0.257 e. The fourth-order valence-corrected chi connectivity index (χ4v) is 3.76. The summed E-state index contributed by atoms with van der Waals surface area (Å²) in [4.78, 5) is 37.7. The van der Waals surface area contributed by atoms with Gasteiger partial charge in [-0.1, -0.05) is 23.4 Å². The first-order valence-electron chi connectivity index (χ1n) is 8.58. The Morgan fingerprint density at radius 2 is 2.00 bits per heavy atom. The summed E-state index contributed by atoms with van der Waals surface area (Å²) in [5, 5.41) is 0.649. The van der Waals surface area contributed by atoms with E-state index < -0.39 is 0 Å². The Bertz CT molecular complexity index is 685. The van der Waals surface area contributed by atoms with Gasteiger partial charge in [0.05, 0.1) is 11.5 Å². The molecule has 0 N–H and O–H groups in total. The monoisotopic (exact) mass is 360 g/mol. The van der Waals surface area contributed by atoms with Gasteiger partial charge in [0.15, 0.2) is 5.16 Å². The standard InChI is InChI=1S/C18H24N4O2S/c1-12(2)6-7-22-15-5-4-13(17(22)24)10-21(11-15)16(23)14-8-19-18(25-3)20-9-14/h6,8-9,13,15H,4-5,7,10-11H2,1-3H3/t13-,15+/m0/s1. The van der Waals surface area contributed by atoms with Crippen LogP contribution in [0.5, 0.6) is 0 Å². The van der Waals surface area contributed by atoms with Crippen molar-refractivity contribution in [2.45, 2.75) is 37.9 Å². The van der Waals surface area contributed by atoms with E-state index in [1.165, 1.54) is 17.3 Å². The summed E-state index contributed by atoms with van der Waals surface area (Å²) in [5.41, 5.74) is 1.69. The van der Waals surface area contributed by atoms with Crippen LogP contribution in [0.2, 0.25) is 0 Å². The predicted molar refractivity (Wildman–Crippen MR) is 97.4 cm³/mol. The summed E-state index contributed by atoms with van der Waals surface area (Å²) in [5.74, 6) is -0.000834. The van der Waals surface area contributed by atoms with E-state index in [0.717, 1.165) is 12.8 Å². The quantitative estimate of drug-likeness (QED) is 0.468. The molecule has 3 aliphatic heterocycles. The van der Waals surface area contributed by atoms with Crippen molar-refractivity contribution < 1.29 is 9.59 Å². The van der Waals surface area contributed by atoms with Crippen LogP contribution in [0, 0.1) is 5.92 Å². The minimum atomic E-state index is -0.0975. The molecule has 1 aromatic rings. The van der Waals surface area contributed by atoms with Crippen molar-refractivity contribution in [2.24, 2.45) is 5.92 Å². The number of allylic oxidation sites excluding steroid dienone is 1. The first-order chi connectivity index (χ1) is 12.0.